The summed E-state index contributed by atoms with van der Waals surface area (Å²) in [7, 11) is 0. The van der Waals surface area contributed by atoms with Gasteiger partial charge in [-0.05, 0) is 55.8 Å². The van der Waals surface area contributed by atoms with Crippen molar-refractivity contribution in [3.63, 3.8) is 0 Å². The number of nitrogens with two attached hydrogens (primary N) is 1. The van der Waals surface area contributed by atoms with E-state index in [9.17, 15) is 17.6 Å². The van der Waals surface area contributed by atoms with Crippen LogP contribution in [0.4, 0.5) is 17.6 Å². The molecule has 0 fully saturated rings. The first-order valence-corrected chi connectivity index (χ1v) is 7.63. The Bertz CT molecular complexity index is 668. The SMILES string of the molecule is CCOc1ccc(F)cc1C(CN)Cc1ccc(C(F)(F)F)cc1. The van der Waals surface area contributed by atoms with E-state index < -0.39 is 17.6 Å². The van der Waals surface area contributed by atoms with E-state index in [1.54, 1.807) is 6.07 Å². The van der Waals surface area contributed by atoms with Gasteiger partial charge in [-0.15, -0.1) is 0 Å². The number of hydrogen-bond donors (Lipinski definition) is 1. The van der Waals surface area contributed by atoms with Crippen molar-refractivity contribution in [2.24, 2.45) is 5.73 Å². The number of halogens is 4. The van der Waals surface area contributed by atoms with Gasteiger partial charge in [0, 0.05) is 11.5 Å². The summed E-state index contributed by atoms with van der Waals surface area (Å²) in [6, 6.07) is 9.14. The highest BCUT2D eigenvalue weighted by atomic mass is 19.4. The quantitative estimate of drug-likeness (QED) is 0.784. The highest BCUT2D eigenvalue weighted by molar-refractivity contribution is 5.38. The molecular formula is C18H19F4NO. The van der Waals surface area contributed by atoms with E-state index in [0.29, 0.717) is 29.9 Å². The van der Waals surface area contributed by atoms with Crippen molar-refractivity contribution in [3.8, 4) is 5.75 Å². The molecular weight excluding hydrogens is 322 g/mol. The second-order valence-electron chi connectivity index (χ2n) is 5.45. The lowest BCUT2D eigenvalue weighted by Gasteiger charge is -2.19. The lowest BCUT2D eigenvalue weighted by molar-refractivity contribution is -0.137. The Hall–Kier alpha value is -2.08. The summed E-state index contributed by atoms with van der Waals surface area (Å²) in [6.45, 7) is 2.47. The van der Waals surface area contributed by atoms with Crippen molar-refractivity contribution in [1.29, 1.82) is 0 Å². The van der Waals surface area contributed by atoms with Crippen LogP contribution in [-0.2, 0) is 12.6 Å². The zero-order valence-electron chi connectivity index (χ0n) is 13.2. The Morgan fingerprint density at radius 1 is 1.08 bits per heavy atom. The number of hydrogen-bond acceptors (Lipinski definition) is 2. The van der Waals surface area contributed by atoms with E-state index >= 15 is 0 Å². The first-order chi connectivity index (χ1) is 11.3. The summed E-state index contributed by atoms with van der Waals surface area (Å²) in [5.41, 5.74) is 6.43. The predicted molar refractivity (Wildman–Crippen MR) is 84.5 cm³/mol. The van der Waals surface area contributed by atoms with Gasteiger partial charge < -0.3 is 10.5 Å². The zero-order valence-corrected chi connectivity index (χ0v) is 13.2. The fraction of sp³-hybridized carbons (Fsp3) is 0.333. The average molecular weight is 341 g/mol. The molecule has 2 rings (SSSR count). The van der Waals surface area contributed by atoms with Crippen LogP contribution in [-0.4, -0.2) is 13.2 Å². The van der Waals surface area contributed by atoms with Crippen molar-refractivity contribution in [2.75, 3.05) is 13.2 Å². The fourth-order valence-electron chi connectivity index (χ4n) is 2.56. The fourth-order valence-corrected chi connectivity index (χ4v) is 2.56. The second-order valence-corrected chi connectivity index (χ2v) is 5.45. The maximum atomic E-state index is 13.6. The van der Waals surface area contributed by atoms with Gasteiger partial charge in [-0.25, -0.2) is 4.39 Å². The molecule has 0 bridgehead atoms. The van der Waals surface area contributed by atoms with Gasteiger partial charge in [0.1, 0.15) is 11.6 Å². The lowest BCUT2D eigenvalue weighted by atomic mass is 9.91. The van der Waals surface area contributed by atoms with Crippen LogP contribution in [0.2, 0.25) is 0 Å². The Balaban J connectivity index is 2.25. The molecule has 1 atom stereocenters. The zero-order chi connectivity index (χ0) is 17.7. The number of ether oxygens (including phenoxy) is 1. The monoisotopic (exact) mass is 341 g/mol. The van der Waals surface area contributed by atoms with E-state index in [-0.39, 0.29) is 12.5 Å². The predicted octanol–water partition coefficient (Wildman–Crippen LogP) is 4.53. The maximum absolute atomic E-state index is 13.6. The van der Waals surface area contributed by atoms with Gasteiger partial charge in [-0.1, -0.05) is 12.1 Å². The van der Waals surface area contributed by atoms with Gasteiger partial charge in [0.05, 0.1) is 12.2 Å². The minimum atomic E-state index is -4.36. The van der Waals surface area contributed by atoms with Gasteiger partial charge >= 0.3 is 6.18 Å². The summed E-state index contributed by atoms with van der Waals surface area (Å²) < 4.78 is 56.9. The van der Waals surface area contributed by atoms with Crippen LogP contribution in [0.25, 0.3) is 0 Å². The normalized spacial score (nSPS) is 12.9. The Morgan fingerprint density at radius 2 is 1.75 bits per heavy atom. The highest BCUT2D eigenvalue weighted by Gasteiger charge is 2.30. The second kappa shape index (κ2) is 7.66. The Morgan fingerprint density at radius 3 is 2.29 bits per heavy atom. The largest absolute Gasteiger partial charge is 0.494 e. The number of alkyl halides is 3. The van der Waals surface area contributed by atoms with E-state index in [1.165, 1.54) is 24.3 Å². The van der Waals surface area contributed by atoms with E-state index in [1.807, 2.05) is 6.92 Å². The number of rotatable bonds is 6. The molecule has 0 saturated heterocycles. The molecule has 6 heteroatoms. The standard InChI is InChI=1S/C18H19F4NO/c1-2-24-17-8-7-15(19)10-16(17)13(11-23)9-12-3-5-14(6-4-12)18(20,21)22/h3-8,10,13H,2,9,11,23H2,1H3. The van der Waals surface area contributed by atoms with Gasteiger partial charge in [0.2, 0.25) is 0 Å². The molecule has 2 nitrogen and oxygen atoms in total. The summed E-state index contributed by atoms with van der Waals surface area (Å²) in [5, 5.41) is 0. The molecule has 2 aromatic carbocycles. The molecule has 0 spiro atoms. The van der Waals surface area contributed by atoms with Crippen LogP contribution in [0.1, 0.15) is 29.5 Å². The van der Waals surface area contributed by atoms with Crippen LogP contribution < -0.4 is 10.5 Å². The molecule has 0 saturated carbocycles. The number of benzene rings is 2. The molecule has 0 aliphatic carbocycles. The molecule has 2 N–H and O–H groups in total. The summed E-state index contributed by atoms with van der Waals surface area (Å²) in [5.74, 6) is -0.112. The van der Waals surface area contributed by atoms with Gasteiger partial charge in [-0.3, -0.25) is 0 Å². The molecule has 130 valence electrons. The third-order valence-electron chi connectivity index (χ3n) is 3.76. The van der Waals surface area contributed by atoms with Crippen molar-refractivity contribution in [3.05, 3.63) is 65.0 Å². The molecule has 0 heterocycles. The molecule has 0 aliphatic heterocycles. The van der Waals surface area contributed by atoms with E-state index in [0.717, 1.165) is 12.1 Å². The Labute approximate surface area is 138 Å². The van der Waals surface area contributed by atoms with Crippen molar-refractivity contribution in [2.45, 2.75) is 25.4 Å². The molecule has 0 amide bonds. The van der Waals surface area contributed by atoms with Gasteiger partial charge in [-0.2, -0.15) is 13.2 Å². The smallest absolute Gasteiger partial charge is 0.416 e. The van der Waals surface area contributed by atoms with Crippen molar-refractivity contribution < 1.29 is 22.3 Å². The van der Waals surface area contributed by atoms with Crippen LogP contribution >= 0.6 is 0 Å². The third kappa shape index (κ3) is 4.47. The van der Waals surface area contributed by atoms with Gasteiger partial charge in [0.15, 0.2) is 0 Å². The summed E-state index contributed by atoms with van der Waals surface area (Å²) in [6.07, 6.45) is -3.96. The van der Waals surface area contributed by atoms with Crippen molar-refractivity contribution in [1.82, 2.24) is 0 Å². The molecule has 0 aliphatic rings. The first kappa shape index (κ1) is 18.3. The van der Waals surface area contributed by atoms with Crippen LogP contribution in [0.3, 0.4) is 0 Å². The summed E-state index contributed by atoms with van der Waals surface area (Å²) >= 11 is 0. The first-order valence-electron chi connectivity index (χ1n) is 7.63. The molecule has 1 unspecified atom stereocenters. The summed E-state index contributed by atoms with van der Waals surface area (Å²) in [4.78, 5) is 0. The van der Waals surface area contributed by atoms with Crippen LogP contribution in [0, 0.1) is 5.82 Å². The highest BCUT2D eigenvalue weighted by Crippen LogP contribution is 2.32. The lowest BCUT2D eigenvalue weighted by Crippen LogP contribution is -2.16. The van der Waals surface area contributed by atoms with E-state index in [4.69, 9.17) is 10.5 Å². The molecule has 0 radical (unpaired) electrons. The Kier molecular flexibility index (Phi) is 5.83. The minimum Gasteiger partial charge on any atom is -0.494 e. The van der Waals surface area contributed by atoms with Crippen LogP contribution in [0.15, 0.2) is 42.5 Å². The molecule has 2 aromatic rings. The minimum absolute atomic E-state index is 0.227. The van der Waals surface area contributed by atoms with E-state index in [2.05, 4.69) is 0 Å². The third-order valence-corrected chi connectivity index (χ3v) is 3.76. The van der Waals surface area contributed by atoms with Crippen molar-refractivity contribution >= 4 is 0 Å². The maximum Gasteiger partial charge on any atom is 0.416 e. The average Bonchev–Trinajstić information content (AvgIpc) is 2.54. The van der Waals surface area contributed by atoms with Gasteiger partial charge in [0.25, 0.3) is 0 Å². The topological polar surface area (TPSA) is 35.2 Å². The molecule has 24 heavy (non-hydrogen) atoms. The van der Waals surface area contributed by atoms with Crippen LogP contribution in [0.5, 0.6) is 5.75 Å². The molecule has 0 aromatic heterocycles.